The van der Waals surface area contributed by atoms with E-state index in [4.69, 9.17) is 0 Å². The van der Waals surface area contributed by atoms with Gasteiger partial charge in [-0.3, -0.25) is 14.5 Å². The van der Waals surface area contributed by atoms with E-state index in [1.54, 1.807) is 0 Å². The minimum absolute atomic E-state index is 0.0492. The molecular formula is C17H22N2O2. The topological polar surface area (TPSA) is 40.6 Å². The van der Waals surface area contributed by atoms with E-state index in [0.29, 0.717) is 6.42 Å². The molecule has 0 bridgehead atoms. The lowest BCUT2D eigenvalue weighted by Gasteiger charge is -2.30. The van der Waals surface area contributed by atoms with Gasteiger partial charge in [-0.1, -0.05) is 12.5 Å². The molecule has 2 heterocycles. The number of piperidine rings is 1. The molecule has 3 rings (SSSR count). The molecule has 0 saturated carbocycles. The molecule has 2 aliphatic heterocycles. The van der Waals surface area contributed by atoms with E-state index < -0.39 is 0 Å². The first kappa shape index (κ1) is 14.3. The predicted octanol–water partition coefficient (Wildman–Crippen LogP) is 2.42. The van der Waals surface area contributed by atoms with Gasteiger partial charge in [-0.05, 0) is 63.0 Å². The highest BCUT2D eigenvalue weighted by atomic mass is 16.2. The summed E-state index contributed by atoms with van der Waals surface area (Å²) in [4.78, 5) is 28.6. The lowest BCUT2D eigenvalue weighted by atomic mass is 10.1. The van der Waals surface area contributed by atoms with Crippen molar-refractivity contribution in [3.63, 3.8) is 0 Å². The van der Waals surface area contributed by atoms with Gasteiger partial charge in [-0.15, -0.1) is 0 Å². The van der Waals surface area contributed by atoms with Gasteiger partial charge in [0.15, 0.2) is 0 Å². The molecule has 2 aliphatic rings. The van der Waals surface area contributed by atoms with E-state index in [-0.39, 0.29) is 17.9 Å². The summed E-state index contributed by atoms with van der Waals surface area (Å²) < 4.78 is 0. The van der Waals surface area contributed by atoms with Crippen LogP contribution in [0, 0.1) is 13.8 Å². The number of nitrogens with zero attached hydrogens (tertiary/aromatic N) is 2. The number of carbonyl (C=O) groups excluding carboxylic acids is 2. The van der Waals surface area contributed by atoms with E-state index in [9.17, 15) is 9.59 Å². The molecule has 4 nitrogen and oxygen atoms in total. The summed E-state index contributed by atoms with van der Waals surface area (Å²) >= 11 is 0. The number of likely N-dealkylation sites (tertiary alicyclic amines) is 1. The molecule has 0 aromatic heterocycles. The molecule has 1 aromatic carbocycles. The summed E-state index contributed by atoms with van der Waals surface area (Å²) in [5.74, 6) is -0.118. The van der Waals surface area contributed by atoms with Crippen molar-refractivity contribution in [1.29, 1.82) is 0 Å². The Morgan fingerprint density at radius 1 is 0.952 bits per heavy atom. The fourth-order valence-electron chi connectivity index (χ4n) is 3.48. The molecule has 1 aromatic rings. The molecule has 4 heteroatoms. The maximum Gasteiger partial charge on any atom is 0.251 e. The third kappa shape index (κ3) is 2.72. The molecule has 2 fully saturated rings. The summed E-state index contributed by atoms with van der Waals surface area (Å²) in [5, 5.41) is 0. The lowest BCUT2D eigenvalue weighted by Crippen LogP contribution is -2.44. The van der Waals surface area contributed by atoms with E-state index in [2.05, 4.69) is 11.0 Å². The van der Waals surface area contributed by atoms with Gasteiger partial charge in [0.2, 0.25) is 5.91 Å². The SMILES string of the molecule is Cc1cc(C)cc(N2C(=O)C[C@@H](N3CCCCC3)C2=O)c1. The van der Waals surface area contributed by atoms with Crippen molar-refractivity contribution >= 4 is 17.5 Å². The van der Waals surface area contributed by atoms with Crippen molar-refractivity contribution in [1.82, 2.24) is 4.90 Å². The molecule has 1 atom stereocenters. The van der Waals surface area contributed by atoms with Gasteiger partial charge in [0, 0.05) is 0 Å². The number of rotatable bonds is 2. The Hall–Kier alpha value is -1.68. The first-order chi connectivity index (χ1) is 10.1. The number of carbonyl (C=O) groups is 2. The van der Waals surface area contributed by atoms with Gasteiger partial charge in [-0.2, -0.15) is 0 Å². The van der Waals surface area contributed by atoms with Gasteiger partial charge >= 0.3 is 0 Å². The average Bonchev–Trinajstić information content (AvgIpc) is 2.74. The Morgan fingerprint density at radius 3 is 2.19 bits per heavy atom. The Bertz CT molecular complexity index is 556. The monoisotopic (exact) mass is 286 g/mol. The maximum absolute atomic E-state index is 12.7. The van der Waals surface area contributed by atoms with Crippen molar-refractivity contribution in [3.05, 3.63) is 29.3 Å². The minimum Gasteiger partial charge on any atom is -0.292 e. The number of hydrogen-bond acceptors (Lipinski definition) is 3. The van der Waals surface area contributed by atoms with Crippen molar-refractivity contribution in [2.75, 3.05) is 18.0 Å². The van der Waals surface area contributed by atoms with Crippen LogP contribution in [0.4, 0.5) is 5.69 Å². The number of imide groups is 1. The zero-order valence-electron chi connectivity index (χ0n) is 12.8. The van der Waals surface area contributed by atoms with Gasteiger partial charge in [0.25, 0.3) is 5.91 Å². The van der Waals surface area contributed by atoms with Crippen LogP contribution < -0.4 is 4.90 Å². The first-order valence-corrected chi connectivity index (χ1v) is 7.75. The first-order valence-electron chi connectivity index (χ1n) is 7.75. The van der Waals surface area contributed by atoms with Gasteiger partial charge in [0.05, 0.1) is 18.2 Å². The van der Waals surface area contributed by atoms with E-state index >= 15 is 0 Å². The number of amides is 2. The van der Waals surface area contributed by atoms with Crippen LogP contribution in [0.1, 0.15) is 36.8 Å². The molecular weight excluding hydrogens is 264 g/mol. The van der Waals surface area contributed by atoms with Crippen molar-refractivity contribution in [3.8, 4) is 0 Å². The lowest BCUT2D eigenvalue weighted by molar-refractivity contribution is -0.123. The summed E-state index contributed by atoms with van der Waals surface area (Å²) in [6.07, 6.45) is 3.81. The molecule has 0 radical (unpaired) electrons. The Labute approximate surface area is 125 Å². The van der Waals surface area contributed by atoms with E-state index in [0.717, 1.165) is 42.7 Å². The van der Waals surface area contributed by atoms with Gasteiger partial charge in [0.1, 0.15) is 0 Å². The summed E-state index contributed by atoms with van der Waals surface area (Å²) in [6, 6.07) is 5.64. The molecule has 2 amide bonds. The zero-order valence-corrected chi connectivity index (χ0v) is 12.8. The van der Waals surface area contributed by atoms with Crippen LogP contribution in [0.2, 0.25) is 0 Å². The van der Waals surface area contributed by atoms with Gasteiger partial charge in [-0.25, -0.2) is 4.90 Å². The van der Waals surface area contributed by atoms with Gasteiger partial charge < -0.3 is 0 Å². The summed E-state index contributed by atoms with van der Waals surface area (Å²) in [5.41, 5.74) is 2.88. The summed E-state index contributed by atoms with van der Waals surface area (Å²) in [6.45, 7) is 5.85. The third-order valence-corrected chi connectivity index (χ3v) is 4.42. The van der Waals surface area contributed by atoms with E-state index in [1.165, 1.54) is 11.3 Å². The van der Waals surface area contributed by atoms with Crippen molar-refractivity contribution < 1.29 is 9.59 Å². The van der Waals surface area contributed by atoms with Crippen LogP contribution in [-0.4, -0.2) is 35.8 Å². The molecule has 2 saturated heterocycles. The highest BCUT2D eigenvalue weighted by molar-refractivity contribution is 6.22. The molecule has 0 unspecified atom stereocenters. The fourth-order valence-corrected chi connectivity index (χ4v) is 3.48. The zero-order chi connectivity index (χ0) is 15.0. The summed E-state index contributed by atoms with van der Waals surface area (Å²) in [7, 11) is 0. The molecule has 21 heavy (non-hydrogen) atoms. The number of anilines is 1. The van der Waals surface area contributed by atoms with Crippen LogP contribution in [0.25, 0.3) is 0 Å². The Kier molecular flexibility index (Phi) is 3.81. The second-order valence-electron chi connectivity index (χ2n) is 6.23. The standard InChI is InChI=1S/C17H22N2O2/c1-12-8-13(2)10-14(9-12)19-16(20)11-15(17(19)21)18-6-4-3-5-7-18/h8-10,15H,3-7,11H2,1-2H3/t15-/m1/s1. The van der Waals surface area contributed by atoms with Crippen LogP contribution >= 0.6 is 0 Å². The smallest absolute Gasteiger partial charge is 0.251 e. The van der Waals surface area contributed by atoms with Crippen molar-refractivity contribution in [2.24, 2.45) is 0 Å². The minimum atomic E-state index is -0.251. The second kappa shape index (κ2) is 5.60. The van der Waals surface area contributed by atoms with E-state index in [1.807, 2.05) is 26.0 Å². The number of benzene rings is 1. The molecule has 0 N–H and O–H groups in total. The third-order valence-electron chi connectivity index (χ3n) is 4.42. The number of aryl methyl sites for hydroxylation is 2. The van der Waals surface area contributed by atoms with Crippen molar-refractivity contribution in [2.45, 2.75) is 45.6 Å². The van der Waals surface area contributed by atoms with Crippen LogP contribution in [-0.2, 0) is 9.59 Å². The molecule has 112 valence electrons. The molecule has 0 spiro atoms. The number of hydrogen-bond donors (Lipinski definition) is 0. The maximum atomic E-state index is 12.7. The quantitative estimate of drug-likeness (QED) is 0.784. The Balaban J connectivity index is 1.86. The van der Waals surface area contributed by atoms with Crippen LogP contribution in [0.3, 0.4) is 0 Å². The highest BCUT2D eigenvalue weighted by Gasteiger charge is 2.42. The molecule has 0 aliphatic carbocycles. The van der Waals surface area contributed by atoms with Crippen LogP contribution in [0.5, 0.6) is 0 Å². The fraction of sp³-hybridized carbons (Fsp3) is 0.529. The Morgan fingerprint density at radius 2 is 1.57 bits per heavy atom. The normalized spacial score (nSPS) is 23.9. The van der Waals surface area contributed by atoms with Crippen LogP contribution in [0.15, 0.2) is 18.2 Å². The largest absolute Gasteiger partial charge is 0.292 e. The second-order valence-corrected chi connectivity index (χ2v) is 6.23. The highest BCUT2D eigenvalue weighted by Crippen LogP contribution is 2.28. The predicted molar refractivity (Wildman–Crippen MR) is 82.2 cm³/mol. The average molecular weight is 286 g/mol.